The number of benzene rings is 3. The maximum Gasteiger partial charge on any atom is 0.310 e. The van der Waals surface area contributed by atoms with Crippen LogP contribution in [-0.2, 0) is 13.0 Å². The predicted octanol–water partition coefficient (Wildman–Crippen LogP) is 4.49. The number of nitro groups is 1. The summed E-state index contributed by atoms with van der Waals surface area (Å²) in [6, 6.07) is 17.6. The van der Waals surface area contributed by atoms with Gasteiger partial charge in [0.2, 0.25) is 5.75 Å². The number of aliphatic hydroxyl groups excluding tert-OH is 1. The lowest BCUT2D eigenvalue weighted by Crippen LogP contribution is -2.23. The van der Waals surface area contributed by atoms with Crippen molar-refractivity contribution >= 4 is 18.1 Å². The van der Waals surface area contributed by atoms with E-state index in [-0.39, 0.29) is 37.0 Å². The molecule has 1 unspecified atom stereocenters. The van der Waals surface area contributed by atoms with Crippen molar-refractivity contribution in [2.45, 2.75) is 19.1 Å². The Kier molecular flexibility index (Phi) is 11.3. The molecular formula is C26H31ClN2O7. The van der Waals surface area contributed by atoms with E-state index in [1.165, 1.54) is 12.1 Å². The van der Waals surface area contributed by atoms with Gasteiger partial charge >= 0.3 is 5.69 Å². The summed E-state index contributed by atoms with van der Waals surface area (Å²) in [5.74, 6) is 1.81. The number of rotatable bonds is 13. The number of ether oxygens (including phenoxy) is 4. The maximum atomic E-state index is 11.4. The van der Waals surface area contributed by atoms with Crippen LogP contribution in [0.5, 0.6) is 23.0 Å². The van der Waals surface area contributed by atoms with Crippen molar-refractivity contribution in [2.75, 3.05) is 34.4 Å². The second kappa shape index (κ2) is 14.1. The highest BCUT2D eigenvalue weighted by atomic mass is 35.5. The minimum absolute atomic E-state index is 0. The summed E-state index contributed by atoms with van der Waals surface area (Å²) < 4.78 is 21.8. The van der Waals surface area contributed by atoms with Crippen LogP contribution in [0.15, 0.2) is 60.7 Å². The fourth-order valence-corrected chi connectivity index (χ4v) is 3.61. The number of nitro benzene ring substituents is 1. The zero-order valence-electron chi connectivity index (χ0n) is 20.4. The number of halogens is 1. The van der Waals surface area contributed by atoms with E-state index < -0.39 is 11.0 Å². The molecule has 3 aromatic rings. The van der Waals surface area contributed by atoms with Gasteiger partial charge in [-0.05, 0) is 53.9 Å². The Morgan fingerprint density at radius 2 is 1.58 bits per heavy atom. The third kappa shape index (κ3) is 7.48. The maximum absolute atomic E-state index is 11.4. The summed E-state index contributed by atoms with van der Waals surface area (Å²) in [5.41, 5.74) is 2.25. The number of methoxy groups -OCH3 is 3. The van der Waals surface area contributed by atoms with Gasteiger partial charge < -0.3 is 29.4 Å². The molecule has 0 saturated carbocycles. The number of hydrogen-bond donors (Lipinski definition) is 2. The van der Waals surface area contributed by atoms with Gasteiger partial charge in [-0.15, -0.1) is 12.4 Å². The number of nitrogens with one attached hydrogen (secondary N) is 1. The van der Waals surface area contributed by atoms with Gasteiger partial charge in [0.05, 0.1) is 32.4 Å². The quantitative estimate of drug-likeness (QED) is 0.193. The molecule has 36 heavy (non-hydrogen) atoms. The van der Waals surface area contributed by atoms with Crippen molar-refractivity contribution in [3.05, 3.63) is 87.5 Å². The van der Waals surface area contributed by atoms with E-state index in [0.717, 1.165) is 11.1 Å². The first-order valence-electron chi connectivity index (χ1n) is 11.1. The van der Waals surface area contributed by atoms with Crippen LogP contribution < -0.4 is 24.3 Å². The van der Waals surface area contributed by atoms with Crippen molar-refractivity contribution < 1.29 is 29.0 Å². The average Bonchev–Trinajstić information content (AvgIpc) is 2.89. The molecule has 0 amide bonds. The molecule has 0 saturated heterocycles. The average molecular weight is 519 g/mol. The van der Waals surface area contributed by atoms with Crippen LogP contribution in [0.1, 0.15) is 22.8 Å². The monoisotopic (exact) mass is 518 g/mol. The molecule has 0 aromatic heterocycles. The van der Waals surface area contributed by atoms with Gasteiger partial charge in [0.25, 0.3) is 0 Å². The zero-order chi connectivity index (χ0) is 25.2. The molecule has 0 spiro atoms. The first kappa shape index (κ1) is 28.7. The second-order valence-electron chi connectivity index (χ2n) is 7.76. The normalized spacial score (nSPS) is 11.2. The Labute approximate surface area is 216 Å². The van der Waals surface area contributed by atoms with E-state index in [1.807, 2.05) is 42.5 Å². The first-order valence-corrected chi connectivity index (χ1v) is 11.1. The van der Waals surface area contributed by atoms with Crippen LogP contribution in [0.3, 0.4) is 0 Å². The molecule has 3 aromatic carbocycles. The standard InChI is InChI=1S/C26H30N2O7.ClH/c1-32-24-13-19(14-25(33-2)26(24)34-3)11-12-27-16-22(29)20-9-10-21(28(30)31)23(15-20)35-17-18-7-5-4-6-8-18;/h4-10,13-15,22,27,29H,11-12,16-17H2,1-3H3;1H. The van der Waals surface area contributed by atoms with E-state index in [2.05, 4.69) is 5.32 Å². The number of hydrogen-bond acceptors (Lipinski definition) is 8. The van der Waals surface area contributed by atoms with Crippen molar-refractivity contribution in [3.63, 3.8) is 0 Å². The Balaban J connectivity index is 0.00000456. The molecule has 0 fully saturated rings. The van der Waals surface area contributed by atoms with Crippen LogP contribution in [0.25, 0.3) is 0 Å². The number of nitrogens with zero attached hydrogens (tertiary/aromatic N) is 1. The molecule has 0 radical (unpaired) electrons. The van der Waals surface area contributed by atoms with Crippen molar-refractivity contribution in [2.24, 2.45) is 0 Å². The van der Waals surface area contributed by atoms with E-state index in [4.69, 9.17) is 18.9 Å². The molecule has 194 valence electrons. The summed E-state index contributed by atoms with van der Waals surface area (Å²) in [7, 11) is 4.69. The smallest absolute Gasteiger partial charge is 0.310 e. The Morgan fingerprint density at radius 1 is 0.917 bits per heavy atom. The largest absolute Gasteiger partial charge is 0.493 e. The van der Waals surface area contributed by atoms with E-state index in [9.17, 15) is 15.2 Å². The van der Waals surface area contributed by atoms with Gasteiger partial charge in [0, 0.05) is 12.6 Å². The zero-order valence-corrected chi connectivity index (χ0v) is 21.2. The van der Waals surface area contributed by atoms with Crippen LogP contribution in [-0.4, -0.2) is 44.4 Å². The molecule has 1 atom stereocenters. The highest BCUT2D eigenvalue weighted by Crippen LogP contribution is 2.38. The lowest BCUT2D eigenvalue weighted by molar-refractivity contribution is -0.386. The van der Waals surface area contributed by atoms with Gasteiger partial charge in [-0.1, -0.05) is 30.3 Å². The van der Waals surface area contributed by atoms with Gasteiger partial charge in [0.15, 0.2) is 17.2 Å². The predicted molar refractivity (Wildman–Crippen MR) is 139 cm³/mol. The summed E-state index contributed by atoms with van der Waals surface area (Å²) >= 11 is 0. The summed E-state index contributed by atoms with van der Waals surface area (Å²) in [6.07, 6.45) is -0.204. The molecule has 0 bridgehead atoms. The van der Waals surface area contributed by atoms with Gasteiger partial charge in [-0.2, -0.15) is 0 Å². The molecule has 10 heteroatoms. The fraction of sp³-hybridized carbons (Fsp3) is 0.308. The molecule has 0 aliphatic carbocycles. The van der Waals surface area contributed by atoms with Gasteiger partial charge in [-0.3, -0.25) is 10.1 Å². The molecule has 9 nitrogen and oxygen atoms in total. The van der Waals surface area contributed by atoms with Crippen LogP contribution in [0, 0.1) is 10.1 Å². The molecule has 0 aliphatic rings. The lowest BCUT2D eigenvalue weighted by Gasteiger charge is -2.16. The highest BCUT2D eigenvalue weighted by molar-refractivity contribution is 5.85. The Morgan fingerprint density at radius 3 is 2.17 bits per heavy atom. The molecule has 0 aliphatic heterocycles. The lowest BCUT2D eigenvalue weighted by atomic mass is 10.1. The topological polar surface area (TPSA) is 112 Å². The Hall–Kier alpha value is -3.53. The third-order valence-electron chi connectivity index (χ3n) is 5.46. The molecule has 2 N–H and O–H groups in total. The third-order valence-corrected chi connectivity index (χ3v) is 5.46. The second-order valence-corrected chi connectivity index (χ2v) is 7.76. The highest BCUT2D eigenvalue weighted by Gasteiger charge is 2.19. The van der Waals surface area contributed by atoms with Crippen molar-refractivity contribution in [1.82, 2.24) is 5.32 Å². The van der Waals surface area contributed by atoms with E-state index in [0.29, 0.717) is 35.8 Å². The van der Waals surface area contributed by atoms with Crippen LogP contribution >= 0.6 is 12.4 Å². The summed E-state index contributed by atoms with van der Waals surface area (Å²) in [5, 5.41) is 25.3. The van der Waals surface area contributed by atoms with E-state index in [1.54, 1.807) is 27.4 Å². The summed E-state index contributed by atoms with van der Waals surface area (Å²) in [6.45, 7) is 1.04. The number of aliphatic hydroxyl groups is 1. The minimum Gasteiger partial charge on any atom is -0.493 e. The SMILES string of the molecule is COc1cc(CCNCC(O)c2ccc([N+](=O)[O-])c(OCc3ccccc3)c2)cc(OC)c1OC.Cl. The molecule has 0 heterocycles. The van der Waals surface area contributed by atoms with Crippen LogP contribution in [0.2, 0.25) is 0 Å². The first-order chi connectivity index (χ1) is 17.0. The molecular weight excluding hydrogens is 488 g/mol. The summed E-state index contributed by atoms with van der Waals surface area (Å²) in [4.78, 5) is 10.9. The van der Waals surface area contributed by atoms with E-state index >= 15 is 0 Å². The Bertz CT molecular complexity index is 1100. The van der Waals surface area contributed by atoms with Crippen LogP contribution in [0.4, 0.5) is 5.69 Å². The van der Waals surface area contributed by atoms with Crippen molar-refractivity contribution in [3.8, 4) is 23.0 Å². The van der Waals surface area contributed by atoms with Gasteiger partial charge in [-0.25, -0.2) is 0 Å². The minimum atomic E-state index is -0.866. The fourth-order valence-electron chi connectivity index (χ4n) is 3.61. The van der Waals surface area contributed by atoms with Crippen molar-refractivity contribution in [1.29, 1.82) is 0 Å². The van der Waals surface area contributed by atoms with Gasteiger partial charge in [0.1, 0.15) is 6.61 Å². The molecule has 3 rings (SSSR count).